The number of aryl methyl sites for hydroxylation is 4. The molecule has 2 heterocycles. The maximum absolute atomic E-state index is 6.00. The van der Waals surface area contributed by atoms with Crippen LogP contribution in [0.4, 0.5) is 5.69 Å². The van der Waals surface area contributed by atoms with Gasteiger partial charge in [-0.05, 0) is 44.9 Å². The molecule has 20 heavy (non-hydrogen) atoms. The monoisotopic (exact) mass is 265 g/mol. The van der Waals surface area contributed by atoms with Crippen molar-refractivity contribution < 1.29 is 0 Å². The number of rotatable bonds is 1. The van der Waals surface area contributed by atoms with Crippen LogP contribution in [-0.2, 0) is 0 Å². The first-order chi connectivity index (χ1) is 9.47. The molecule has 102 valence electrons. The Kier molecular flexibility index (Phi) is 2.78. The van der Waals surface area contributed by atoms with E-state index in [9.17, 15) is 0 Å². The molecule has 2 N–H and O–H groups in total. The number of fused-ring (bicyclic) bond motifs is 1. The summed E-state index contributed by atoms with van der Waals surface area (Å²) in [6, 6.07) is 8.51. The molecule has 1 aromatic carbocycles. The fraction of sp³-hybridized carbons (Fsp3) is 0.235. The van der Waals surface area contributed by atoms with Crippen LogP contribution in [0.15, 0.2) is 30.5 Å². The summed E-state index contributed by atoms with van der Waals surface area (Å²) in [5, 5.41) is 0. The molecule has 0 aliphatic heterocycles. The van der Waals surface area contributed by atoms with Crippen molar-refractivity contribution in [1.82, 2.24) is 9.38 Å². The zero-order valence-electron chi connectivity index (χ0n) is 12.4. The summed E-state index contributed by atoms with van der Waals surface area (Å²) in [6.07, 6.45) is 1.96. The number of benzene rings is 1. The van der Waals surface area contributed by atoms with Crippen LogP contribution in [-0.4, -0.2) is 9.38 Å². The van der Waals surface area contributed by atoms with Crippen molar-refractivity contribution in [3.05, 3.63) is 52.8 Å². The number of hydrogen-bond donors (Lipinski definition) is 1. The molecular weight excluding hydrogens is 246 g/mol. The Morgan fingerprint density at radius 3 is 2.45 bits per heavy atom. The molecule has 3 rings (SSSR count). The Hall–Kier alpha value is -2.29. The summed E-state index contributed by atoms with van der Waals surface area (Å²) >= 11 is 0. The number of aromatic nitrogens is 2. The summed E-state index contributed by atoms with van der Waals surface area (Å²) in [5.41, 5.74) is 14.7. The average Bonchev–Trinajstić information content (AvgIpc) is 2.68. The number of pyridine rings is 1. The lowest BCUT2D eigenvalue weighted by Gasteiger charge is -2.05. The van der Waals surface area contributed by atoms with Crippen LogP contribution in [0.5, 0.6) is 0 Å². The highest BCUT2D eigenvalue weighted by atomic mass is 15.0. The van der Waals surface area contributed by atoms with Gasteiger partial charge in [0.25, 0.3) is 0 Å². The molecule has 3 aromatic rings. The number of imidazole rings is 1. The third kappa shape index (κ3) is 1.86. The molecule has 0 saturated carbocycles. The van der Waals surface area contributed by atoms with Crippen molar-refractivity contribution in [1.29, 1.82) is 0 Å². The number of nitrogens with zero attached hydrogens (tertiary/aromatic N) is 2. The standard InChI is InChI=1S/C17H19N3/c1-10-5-6-14(11(2)7-10)17-13(4)20-9-15(18)12(3)8-16(20)19-17/h5-9H,18H2,1-4H3. The Morgan fingerprint density at radius 1 is 1.00 bits per heavy atom. The first-order valence-electron chi connectivity index (χ1n) is 6.80. The number of nitrogen functional groups attached to an aromatic ring is 1. The van der Waals surface area contributed by atoms with Gasteiger partial charge < -0.3 is 10.1 Å². The van der Waals surface area contributed by atoms with E-state index < -0.39 is 0 Å². The van der Waals surface area contributed by atoms with E-state index in [2.05, 4.69) is 43.4 Å². The lowest BCUT2D eigenvalue weighted by Crippen LogP contribution is -1.95. The summed E-state index contributed by atoms with van der Waals surface area (Å²) in [7, 11) is 0. The smallest absolute Gasteiger partial charge is 0.138 e. The summed E-state index contributed by atoms with van der Waals surface area (Å²) < 4.78 is 2.07. The van der Waals surface area contributed by atoms with Crippen molar-refractivity contribution in [3.8, 4) is 11.3 Å². The van der Waals surface area contributed by atoms with Gasteiger partial charge in [-0.3, -0.25) is 0 Å². The SMILES string of the molecule is Cc1ccc(-c2nc3cc(C)c(N)cn3c2C)c(C)c1. The quantitative estimate of drug-likeness (QED) is 0.727. The van der Waals surface area contributed by atoms with E-state index in [-0.39, 0.29) is 0 Å². The molecule has 3 heteroatoms. The number of nitrogens with two attached hydrogens (primary N) is 1. The largest absolute Gasteiger partial charge is 0.397 e. The molecule has 0 spiro atoms. The molecular formula is C17H19N3. The molecule has 3 nitrogen and oxygen atoms in total. The third-order valence-corrected chi connectivity index (χ3v) is 3.88. The fourth-order valence-electron chi connectivity index (χ4n) is 2.65. The Bertz CT molecular complexity index is 813. The first-order valence-corrected chi connectivity index (χ1v) is 6.80. The van der Waals surface area contributed by atoms with E-state index in [1.165, 1.54) is 16.7 Å². The molecule has 0 amide bonds. The highest BCUT2D eigenvalue weighted by Gasteiger charge is 2.13. The van der Waals surface area contributed by atoms with Crippen LogP contribution in [0.3, 0.4) is 0 Å². The van der Waals surface area contributed by atoms with Crippen molar-refractivity contribution in [2.24, 2.45) is 0 Å². The Balaban J connectivity index is 2.29. The normalized spacial score (nSPS) is 11.2. The van der Waals surface area contributed by atoms with E-state index >= 15 is 0 Å². The van der Waals surface area contributed by atoms with Gasteiger partial charge in [0.2, 0.25) is 0 Å². The van der Waals surface area contributed by atoms with Gasteiger partial charge in [-0.1, -0.05) is 23.8 Å². The molecule has 0 aliphatic carbocycles. The number of anilines is 1. The summed E-state index contributed by atoms with van der Waals surface area (Å²) in [6.45, 7) is 8.34. The molecule has 0 radical (unpaired) electrons. The Morgan fingerprint density at radius 2 is 1.75 bits per heavy atom. The lowest BCUT2D eigenvalue weighted by atomic mass is 10.0. The van der Waals surface area contributed by atoms with Gasteiger partial charge in [-0.15, -0.1) is 0 Å². The second kappa shape index (κ2) is 4.37. The van der Waals surface area contributed by atoms with E-state index in [0.717, 1.165) is 28.3 Å². The van der Waals surface area contributed by atoms with E-state index in [1.54, 1.807) is 0 Å². The minimum Gasteiger partial charge on any atom is -0.397 e. The average molecular weight is 265 g/mol. The van der Waals surface area contributed by atoms with Gasteiger partial charge in [0.1, 0.15) is 5.65 Å². The summed E-state index contributed by atoms with van der Waals surface area (Å²) in [4.78, 5) is 4.78. The highest BCUT2D eigenvalue weighted by molar-refractivity contribution is 5.70. The zero-order chi connectivity index (χ0) is 14.4. The third-order valence-electron chi connectivity index (χ3n) is 3.88. The number of hydrogen-bond acceptors (Lipinski definition) is 2. The molecule has 0 unspecified atom stereocenters. The summed E-state index contributed by atoms with van der Waals surface area (Å²) in [5.74, 6) is 0. The molecule has 0 saturated heterocycles. The van der Waals surface area contributed by atoms with Crippen molar-refractivity contribution in [2.45, 2.75) is 27.7 Å². The molecule has 2 aromatic heterocycles. The van der Waals surface area contributed by atoms with Crippen molar-refractivity contribution in [2.75, 3.05) is 5.73 Å². The van der Waals surface area contributed by atoms with Crippen LogP contribution >= 0.6 is 0 Å². The van der Waals surface area contributed by atoms with Crippen LogP contribution < -0.4 is 5.73 Å². The van der Waals surface area contributed by atoms with Gasteiger partial charge in [-0.2, -0.15) is 0 Å². The van der Waals surface area contributed by atoms with Crippen LogP contribution in [0, 0.1) is 27.7 Å². The van der Waals surface area contributed by atoms with Gasteiger partial charge in [0, 0.05) is 17.5 Å². The second-order valence-electron chi connectivity index (χ2n) is 5.50. The maximum atomic E-state index is 6.00. The van der Waals surface area contributed by atoms with Gasteiger partial charge in [-0.25, -0.2) is 4.98 Å². The minimum absolute atomic E-state index is 0.796. The van der Waals surface area contributed by atoms with Gasteiger partial charge in [0.05, 0.1) is 11.4 Å². The van der Waals surface area contributed by atoms with Gasteiger partial charge in [0.15, 0.2) is 0 Å². The van der Waals surface area contributed by atoms with Crippen molar-refractivity contribution >= 4 is 11.3 Å². The molecule has 0 atom stereocenters. The molecule has 0 fully saturated rings. The first kappa shape index (κ1) is 12.7. The molecule has 0 aliphatic rings. The van der Waals surface area contributed by atoms with Crippen LogP contribution in [0.25, 0.3) is 16.9 Å². The van der Waals surface area contributed by atoms with Crippen LogP contribution in [0.2, 0.25) is 0 Å². The molecule has 0 bridgehead atoms. The van der Waals surface area contributed by atoms with Gasteiger partial charge >= 0.3 is 0 Å². The maximum Gasteiger partial charge on any atom is 0.138 e. The Labute approximate surface area is 119 Å². The van der Waals surface area contributed by atoms with E-state index in [0.29, 0.717) is 0 Å². The predicted octanol–water partition coefficient (Wildman–Crippen LogP) is 3.82. The van der Waals surface area contributed by atoms with Crippen LogP contribution in [0.1, 0.15) is 22.4 Å². The predicted molar refractivity (Wildman–Crippen MR) is 84.0 cm³/mol. The lowest BCUT2D eigenvalue weighted by molar-refractivity contribution is 1.11. The fourth-order valence-corrected chi connectivity index (χ4v) is 2.65. The van der Waals surface area contributed by atoms with E-state index in [4.69, 9.17) is 10.7 Å². The zero-order valence-corrected chi connectivity index (χ0v) is 12.4. The minimum atomic E-state index is 0.796. The van der Waals surface area contributed by atoms with E-state index in [1.807, 2.05) is 19.2 Å². The topological polar surface area (TPSA) is 43.3 Å². The highest BCUT2D eigenvalue weighted by Crippen LogP contribution is 2.28. The van der Waals surface area contributed by atoms with Crippen molar-refractivity contribution in [3.63, 3.8) is 0 Å². The second-order valence-corrected chi connectivity index (χ2v) is 5.50.